The predicted molar refractivity (Wildman–Crippen MR) is 61.0 cm³/mol. The van der Waals surface area contributed by atoms with Crippen molar-refractivity contribution in [2.75, 3.05) is 32.2 Å². The maximum Gasteiger partial charge on any atom is 0.0991 e. The number of methoxy groups -OCH3 is 1. The average molecular weight is 204 g/mol. The number of hydrogen-bond acceptors (Lipinski definition) is 3. The quantitative estimate of drug-likeness (QED) is 0.752. The highest BCUT2D eigenvalue weighted by molar-refractivity contribution is 5.55. The van der Waals surface area contributed by atoms with Crippen LogP contribution in [-0.2, 0) is 4.74 Å². The van der Waals surface area contributed by atoms with Crippen molar-refractivity contribution in [3.05, 3.63) is 29.3 Å². The minimum atomic E-state index is 0.704. The molecule has 0 spiro atoms. The summed E-state index contributed by atoms with van der Waals surface area (Å²) in [6, 6.07) is 7.85. The van der Waals surface area contributed by atoms with Crippen LogP contribution in [0.25, 0.3) is 0 Å². The topological polar surface area (TPSA) is 36.3 Å². The van der Waals surface area contributed by atoms with Crippen LogP contribution in [-0.4, -0.2) is 27.3 Å². The predicted octanol–water partition coefficient (Wildman–Crippen LogP) is 1.95. The third-order valence-corrected chi connectivity index (χ3v) is 2.37. The lowest BCUT2D eigenvalue weighted by Crippen LogP contribution is -2.22. The van der Waals surface area contributed by atoms with E-state index in [1.165, 1.54) is 0 Å². The SMILES string of the molecule is COCCN(C)c1ccc(C#N)cc1C. The summed E-state index contributed by atoms with van der Waals surface area (Å²) in [7, 11) is 3.72. The molecule has 0 saturated carbocycles. The number of rotatable bonds is 4. The zero-order chi connectivity index (χ0) is 11.3. The first kappa shape index (κ1) is 11.5. The maximum absolute atomic E-state index is 8.75. The van der Waals surface area contributed by atoms with Gasteiger partial charge in [-0.05, 0) is 30.7 Å². The highest BCUT2D eigenvalue weighted by Gasteiger charge is 2.04. The Morgan fingerprint density at radius 3 is 2.73 bits per heavy atom. The minimum absolute atomic E-state index is 0.704. The Balaban J connectivity index is 2.82. The molecule has 0 atom stereocenters. The number of nitriles is 1. The van der Waals surface area contributed by atoms with E-state index in [1.54, 1.807) is 7.11 Å². The number of likely N-dealkylation sites (N-methyl/N-ethyl adjacent to an activating group) is 1. The Kier molecular flexibility index (Phi) is 4.14. The van der Waals surface area contributed by atoms with Gasteiger partial charge >= 0.3 is 0 Å². The molecule has 1 aromatic rings. The molecule has 0 aliphatic rings. The van der Waals surface area contributed by atoms with Gasteiger partial charge in [-0.3, -0.25) is 0 Å². The summed E-state index contributed by atoms with van der Waals surface area (Å²) in [5, 5.41) is 8.75. The van der Waals surface area contributed by atoms with E-state index in [-0.39, 0.29) is 0 Å². The molecule has 15 heavy (non-hydrogen) atoms. The molecule has 80 valence electrons. The lowest BCUT2D eigenvalue weighted by atomic mass is 10.1. The van der Waals surface area contributed by atoms with Gasteiger partial charge in [-0.2, -0.15) is 5.26 Å². The molecule has 0 heterocycles. The summed E-state index contributed by atoms with van der Waals surface area (Å²) in [4.78, 5) is 2.12. The Bertz CT molecular complexity index is 368. The average Bonchev–Trinajstić information content (AvgIpc) is 2.25. The van der Waals surface area contributed by atoms with Crippen LogP contribution in [0.5, 0.6) is 0 Å². The van der Waals surface area contributed by atoms with Crippen LogP contribution in [0.15, 0.2) is 18.2 Å². The van der Waals surface area contributed by atoms with Crippen LogP contribution in [0.2, 0.25) is 0 Å². The number of nitrogens with zero attached hydrogens (tertiary/aromatic N) is 2. The van der Waals surface area contributed by atoms with Gasteiger partial charge in [0.25, 0.3) is 0 Å². The van der Waals surface area contributed by atoms with Crippen molar-refractivity contribution in [3.63, 3.8) is 0 Å². The largest absolute Gasteiger partial charge is 0.383 e. The van der Waals surface area contributed by atoms with E-state index in [0.717, 1.165) is 17.8 Å². The molecule has 0 aliphatic carbocycles. The molecule has 0 fully saturated rings. The summed E-state index contributed by atoms with van der Waals surface area (Å²) in [5.74, 6) is 0. The van der Waals surface area contributed by atoms with Gasteiger partial charge in [0, 0.05) is 26.4 Å². The van der Waals surface area contributed by atoms with Crippen molar-refractivity contribution >= 4 is 5.69 Å². The second kappa shape index (κ2) is 5.38. The molecule has 0 saturated heterocycles. The lowest BCUT2D eigenvalue weighted by molar-refractivity contribution is 0.206. The van der Waals surface area contributed by atoms with Crippen molar-refractivity contribution < 1.29 is 4.74 Å². The van der Waals surface area contributed by atoms with E-state index in [4.69, 9.17) is 10.00 Å². The standard InChI is InChI=1S/C12H16N2O/c1-10-8-11(9-13)4-5-12(10)14(2)6-7-15-3/h4-5,8H,6-7H2,1-3H3. The number of aryl methyl sites for hydroxylation is 1. The molecule has 0 aromatic heterocycles. The van der Waals surface area contributed by atoms with Crippen LogP contribution in [0.1, 0.15) is 11.1 Å². The third kappa shape index (κ3) is 2.97. The van der Waals surface area contributed by atoms with Gasteiger partial charge in [-0.15, -0.1) is 0 Å². The molecule has 0 bridgehead atoms. The summed E-state index contributed by atoms with van der Waals surface area (Å²) in [6.07, 6.45) is 0. The molecule has 0 aliphatic heterocycles. The molecule has 0 N–H and O–H groups in total. The van der Waals surface area contributed by atoms with Crippen molar-refractivity contribution in [3.8, 4) is 6.07 Å². The van der Waals surface area contributed by atoms with E-state index < -0.39 is 0 Å². The van der Waals surface area contributed by atoms with Gasteiger partial charge in [0.15, 0.2) is 0 Å². The van der Waals surface area contributed by atoms with Crippen molar-refractivity contribution in [1.29, 1.82) is 5.26 Å². The van der Waals surface area contributed by atoms with E-state index >= 15 is 0 Å². The molecule has 1 aromatic carbocycles. The van der Waals surface area contributed by atoms with E-state index in [1.807, 2.05) is 32.2 Å². The fraction of sp³-hybridized carbons (Fsp3) is 0.417. The number of hydrogen-bond donors (Lipinski definition) is 0. The van der Waals surface area contributed by atoms with Crippen LogP contribution < -0.4 is 4.90 Å². The monoisotopic (exact) mass is 204 g/mol. The van der Waals surface area contributed by atoms with Crippen molar-refractivity contribution in [2.24, 2.45) is 0 Å². The summed E-state index contributed by atoms with van der Waals surface area (Å²) < 4.78 is 5.02. The zero-order valence-corrected chi connectivity index (χ0v) is 9.45. The van der Waals surface area contributed by atoms with Gasteiger partial charge < -0.3 is 9.64 Å². The second-order valence-corrected chi connectivity index (χ2v) is 3.53. The first-order valence-corrected chi connectivity index (χ1v) is 4.90. The first-order valence-electron chi connectivity index (χ1n) is 4.90. The van der Waals surface area contributed by atoms with Crippen LogP contribution in [0.4, 0.5) is 5.69 Å². The van der Waals surface area contributed by atoms with E-state index in [2.05, 4.69) is 11.0 Å². The van der Waals surface area contributed by atoms with Crippen LogP contribution in [0, 0.1) is 18.3 Å². The Morgan fingerprint density at radius 2 is 2.20 bits per heavy atom. The molecule has 0 radical (unpaired) electrons. The Labute approximate surface area is 90.9 Å². The van der Waals surface area contributed by atoms with Crippen LogP contribution >= 0.6 is 0 Å². The fourth-order valence-electron chi connectivity index (χ4n) is 1.50. The summed E-state index contributed by atoms with van der Waals surface area (Å²) in [6.45, 7) is 3.57. The van der Waals surface area contributed by atoms with Crippen LogP contribution in [0.3, 0.4) is 0 Å². The normalized spacial score (nSPS) is 9.73. The Hall–Kier alpha value is -1.53. The smallest absolute Gasteiger partial charge is 0.0991 e. The van der Waals surface area contributed by atoms with Gasteiger partial charge in [-0.1, -0.05) is 0 Å². The number of anilines is 1. The number of ether oxygens (including phenoxy) is 1. The highest BCUT2D eigenvalue weighted by Crippen LogP contribution is 2.19. The molecule has 0 unspecified atom stereocenters. The molecular weight excluding hydrogens is 188 g/mol. The fourth-order valence-corrected chi connectivity index (χ4v) is 1.50. The maximum atomic E-state index is 8.75. The van der Waals surface area contributed by atoms with E-state index in [9.17, 15) is 0 Å². The molecular formula is C12H16N2O. The summed E-state index contributed by atoms with van der Waals surface area (Å²) >= 11 is 0. The van der Waals surface area contributed by atoms with E-state index in [0.29, 0.717) is 12.2 Å². The molecule has 3 nitrogen and oxygen atoms in total. The zero-order valence-electron chi connectivity index (χ0n) is 9.45. The van der Waals surface area contributed by atoms with Crippen molar-refractivity contribution in [1.82, 2.24) is 0 Å². The molecule has 0 amide bonds. The minimum Gasteiger partial charge on any atom is -0.383 e. The molecule has 3 heteroatoms. The van der Waals surface area contributed by atoms with Gasteiger partial charge in [0.1, 0.15) is 0 Å². The third-order valence-electron chi connectivity index (χ3n) is 2.37. The molecule has 1 rings (SSSR count). The highest BCUT2D eigenvalue weighted by atomic mass is 16.5. The first-order chi connectivity index (χ1) is 7.19. The Morgan fingerprint density at radius 1 is 1.47 bits per heavy atom. The second-order valence-electron chi connectivity index (χ2n) is 3.53. The van der Waals surface area contributed by atoms with Gasteiger partial charge in [0.2, 0.25) is 0 Å². The van der Waals surface area contributed by atoms with Gasteiger partial charge in [-0.25, -0.2) is 0 Å². The lowest BCUT2D eigenvalue weighted by Gasteiger charge is -2.20. The number of benzene rings is 1. The van der Waals surface area contributed by atoms with Gasteiger partial charge in [0.05, 0.1) is 18.2 Å². The summed E-state index contributed by atoms with van der Waals surface area (Å²) in [5.41, 5.74) is 2.97. The van der Waals surface area contributed by atoms with Crippen molar-refractivity contribution in [2.45, 2.75) is 6.92 Å².